The summed E-state index contributed by atoms with van der Waals surface area (Å²) in [6.07, 6.45) is 2.03. The second kappa shape index (κ2) is 4.14. The molecule has 0 spiro atoms. The third-order valence-electron chi connectivity index (χ3n) is 3.89. The highest BCUT2D eigenvalue weighted by Gasteiger charge is 2.36. The first kappa shape index (κ1) is 11.3. The molecule has 18 heavy (non-hydrogen) atoms. The Morgan fingerprint density at radius 2 is 1.78 bits per heavy atom. The maximum atomic E-state index is 6.64. The van der Waals surface area contributed by atoms with Gasteiger partial charge >= 0.3 is 0 Å². The number of benzene rings is 2. The number of nitrogens with two attached hydrogens (primary N) is 1. The van der Waals surface area contributed by atoms with Crippen LogP contribution in [-0.2, 0) is 12.0 Å². The van der Waals surface area contributed by atoms with E-state index in [0.717, 1.165) is 24.2 Å². The maximum Gasteiger partial charge on any atom is 0.118 e. The Hall–Kier alpha value is -1.80. The molecule has 0 fully saturated rings. The van der Waals surface area contributed by atoms with Crippen molar-refractivity contribution in [3.8, 4) is 5.75 Å². The van der Waals surface area contributed by atoms with Crippen molar-refractivity contribution in [2.75, 3.05) is 7.11 Å². The quantitative estimate of drug-likeness (QED) is 0.874. The molecule has 2 aromatic carbocycles. The van der Waals surface area contributed by atoms with E-state index in [-0.39, 0.29) is 5.54 Å². The SMILES string of the molecule is COc1ccc(C2(N)CCc3ccccc32)cc1. The molecule has 92 valence electrons. The van der Waals surface area contributed by atoms with Gasteiger partial charge in [0.05, 0.1) is 12.6 Å². The molecule has 0 radical (unpaired) electrons. The van der Waals surface area contributed by atoms with Crippen LogP contribution < -0.4 is 10.5 Å². The zero-order chi connectivity index (χ0) is 12.6. The number of rotatable bonds is 2. The summed E-state index contributed by atoms with van der Waals surface area (Å²) in [5.41, 5.74) is 10.1. The number of hydrogen-bond acceptors (Lipinski definition) is 2. The molecular formula is C16H17NO. The van der Waals surface area contributed by atoms with E-state index in [0.29, 0.717) is 0 Å². The Morgan fingerprint density at radius 3 is 2.50 bits per heavy atom. The van der Waals surface area contributed by atoms with Crippen LogP contribution in [0.15, 0.2) is 48.5 Å². The molecule has 0 aliphatic heterocycles. The highest BCUT2D eigenvalue weighted by Crippen LogP contribution is 2.40. The van der Waals surface area contributed by atoms with Crippen molar-refractivity contribution >= 4 is 0 Å². The topological polar surface area (TPSA) is 35.2 Å². The second-order valence-corrected chi connectivity index (χ2v) is 4.86. The lowest BCUT2D eigenvalue weighted by Gasteiger charge is -2.26. The Morgan fingerprint density at radius 1 is 1.06 bits per heavy atom. The van der Waals surface area contributed by atoms with E-state index in [1.54, 1.807) is 7.11 Å². The smallest absolute Gasteiger partial charge is 0.118 e. The van der Waals surface area contributed by atoms with Crippen LogP contribution in [0.4, 0.5) is 0 Å². The van der Waals surface area contributed by atoms with Gasteiger partial charge in [0.1, 0.15) is 5.75 Å². The summed E-state index contributed by atoms with van der Waals surface area (Å²) >= 11 is 0. The summed E-state index contributed by atoms with van der Waals surface area (Å²) in [5, 5.41) is 0. The van der Waals surface area contributed by atoms with E-state index >= 15 is 0 Å². The van der Waals surface area contributed by atoms with E-state index < -0.39 is 0 Å². The van der Waals surface area contributed by atoms with E-state index in [1.807, 2.05) is 12.1 Å². The molecule has 0 saturated carbocycles. The van der Waals surface area contributed by atoms with Crippen LogP contribution in [0.3, 0.4) is 0 Å². The fourth-order valence-electron chi connectivity index (χ4n) is 2.83. The first-order valence-corrected chi connectivity index (χ1v) is 6.26. The standard InChI is InChI=1S/C16H17NO/c1-18-14-8-6-13(7-9-14)16(17)11-10-12-4-2-3-5-15(12)16/h2-9H,10-11,17H2,1H3. The van der Waals surface area contributed by atoms with Crippen molar-refractivity contribution in [1.29, 1.82) is 0 Å². The van der Waals surface area contributed by atoms with Crippen LogP contribution >= 0.6 is 0 Å². The first-order chi connectivity index (χ1) is 8.74. The minimum absolute atomic E-state index is 0.344. The van der Waals surface area contributed by atoms with Crippen LogP contribution in [0.2, 0.25) is 0 Å². The van der Waals surface area contributed by atoms with Crippen molar-refractivity contribution in [3.63, 3.8) is 0 Å². The monoisotopic (exact) mass is 239 g/mol. The summed E-state index contributed by atoms with van der Waals surface area (Å²) in [4.78, 5) is 0. The third kappa shape index (κ3) is 1.61. The van der Waals surface area contributed by atoms with Crippen molar-refractivity contribution in [3.05, 3.63) is 65.2 Å². The van der Waals surface area contributed by atoms with Crippen molar-refractivity contribution in [2.45, 2.75) is 18.4 Å². The molecule has 2 N–H and O–H groups in total. The molecule has 0 aromatic heterocycles. The Bertz CT molecular complexity index is 562. The fourth-order valence-corrected chi connectivity index (χ4v) is 2.83. The zero-order valence-electron chi connectivity index (χ0n) is 10.5. The number of fused-ring (bicyclic) bond motifs is 1. The van der Waals surface area contributed by atoms with Crippen LogP contribution in [0.5, 0.6) is 5.75 Å². The average Bonchev–Trinajstić information content (AvgIpc) is 2.78. The van der Waals surface area contributed by atoms with Crippen LogP contribution in [0.1, 0.15) is 23.1 Å². The van der Waals surface area contributed by atoms with Gasteiger partial charge in [-0.1, -0.05) is 36.4 Å². The Kier molecular flexibility index (Phi) is 2.60. The molecule has 1 aliphatic rings. The van der Waals surface area contributed by atoms with Crippen molar-refractivity contribution in [2.24, 2.45) is 5.73 Å². The van der Waals surface area contributed by atoms with Gasteiger partial charge < -0.3 is 10.5 Å². The molecule has 2 aromatic rings. The molecule has 0 saturated heterocycles. The van der Waals surface area contributed by atoms with Gasteiger partial charge in [-0.05, 0) is 41.7 Å². The Balaban J connectivity index is 2.05. The van der Waals surface area contributed by atoms with Gasteiger partial charge in [-0.25, -0.2) is 0 Å². The summed E-state index contributed by atoms with van der Waals surface area (Å²) < 4.78 is 5.19. The molecule has 0 bridgehead atoms. The Labute approximate surface area is 107 Å². The van der Waals surface area contributed by atoms with Gasteiger partial charge in [-0.3, -0.25) is 0 Å². The fraction of sp³-hybridized carbons (Fsp3) is 0.250. The number of methoxy groups -OCH3 is 1. The number of ether oxygens (including phenoxy) is 1. The van der Waals surface area contributed by atoms with Crippen LogP contribution in [-0.4, -0.2) is 7.11 Å². The van der Waals surface area contributed by atoms with E-state index in [1.165, 1.54) is 11.1 Å². The lowest BCUT2D eigenvalue weighted by Crippen LogP contribution is -2.35. The van der Waals surface area contributed by atoms with Gasteiger partial charge in [0, 0.05) is 0 Å². The molecule has 0 amide bonds. The van der Waals surface area contributed by atoms with Gasteiger partial charge in [0.2, 0.25) is 0 Å². The van der Waals surface area contributed by atoms with E-state index in [4.69, 9.17) is 10.5 Å². The number of hydrogen-bond donors (Lipinski definition) is 1. The lowest BCUT2D eigenvalue weighted by atomic mass is 9.85. The minimum atomic E-state index is -0.344. The highest BCUT2D eigenvalue weighted by atomic mass is 16.5. The van der Waals surface area contributed by atoms with Crippen LogP contribution in [0, 0.1) is 0 Å². The van der Waals surface area contributed by atoms with Gasteiger partial charge in [0.15, 0.2) is 0 Å². The normalized spacial score (nSPS) is 21.7. The number of aryl methyl sites for hydroxylation is 1. The minimum Gasteiger partial charge on any atom is -0.497 e. The second-order valence-electron chi connectivity index (χ2n) is 4.86. The summed E-state index contributed by atoms with van der Waals surface area (Å²) in [6, 6.07) is 16.6. The maximum absolute atomic E-state index is 6.64. The molecule has 1 atom stereocenters. The van der Waals surface area contributed by atoms with Crippen molar-refractivity contribution < 1.29 is 4.74 Å². The summed E-state index contributed by atoms with van der Waals surface area (Å²) in [6.45, 7) is 0. The molecular weight excluding hydrogens is 222 g/mol. The predicted octanol–water partition coefficient (Wildman–Crippen LogP) is 2.84. The van der Waals surface area contributed by atoms with E-state index in [9.17, 15) is 0 Å². The molecule has 2 nitrogen and oxygen atoms in total. The third-order valence-corrected chi connectivity index (χ3v) is 3.89. The van der Waals surface area contributed by atoms with Gasteiger partial charge in [0.25, 0.3) is 0 Å². The lowest BCUT2D eigenvalue weighted by molar-refractivity contribution is 0.414. The highest BCUT2D eigenvalue weighted by molar-refractivity contribution is 5.47. The summed E-state index contributed by atoms with van der Waals surface area (Å²) in [7, 11) is 1.68. The van der Waals surface area contributed by atoms with Gasteiger partial charge in [-0.15, -0.1) is 0 Å². The molecule has 0 heterocycles. The van der Waals surface area contributed by atoms with Gasteiger partial charge in [-0.2, -0.15) is 0 Å². The summed E-state index contributed by atoms with van der Waals surface area (Å²) in [5.74, 6) is 0.869. The zero-order valence-corrected chi connectivity index (χ0v) is 10.5. The molecule has 2 heteroatoms. The molecule has 1 unspecified atom stereocenters. The molecule has 3 rings (SSSR count). The van der Waals surface area contributed by atoms with Crippen LogP contribution in [0.25, 0.3) is 0 Å². The first-order valence-electron chi connectivity index (χ1n) is 6.26. The predicted molar refractivity (Wildman–Crippen MR) is 72.7 cm³/mol. The molecule has 1 aliphatic carbocycles. The average molecular weight is 239 g/mol. The van der Waals surface area contributed by atoms with E-state index in [2.05, 4.69) is 36.4 Å². The van der Waals surface area contributed by atoms with Crippen molar-refractivity contribution in [1.82, 2.24) is 0 Å². The largest absolute Gasteiger partial charge is 0.497 e.